The SMILES string of the molecule is CN1CC[C@]2(C(=O)NCCc3ccccn3)CCCN(Cc3nccs3)[C@H]2C1. The Bertz CT molecular complexity index is 768. The monoisotopic (exact) mass is 399 g/mol. The molecular weight excluding hydrogens is 370 g/mol. The third-order valence-corrected chi connectivity index (χ3v) is 7.00. The third-order valence-electron chi connectivity index (χ3n) is 6.24. The minimum absolute atomic E-state index is 0.227. The summed E-state index contributed by atoms with van der Waals surface area (Å²) < 4.78 is 0. The van der Waals surface area contributed by atoms with Crippen LogP contribution in [-0.4, -0.2) is 64.9 Å². The quantitative estimate of drug-likeness (QED) is 0.807. The number of rotatable bonds is 6. The van der Waals surface area contributed by atoms with Crippen molar-refractivity contribution >= 4 is 17.2 Å². The second-order valence-electron chi connectivity index (χ2n) is 8.01. The molecule has 4 heterocycles. The summed E-state index contributed by atoms with van der Waals surface area (Å²) in [6.07, 6.45) is 7.43. The van der Waals surface area contributed by atoms with Crippen molar-refractivity contribution in [3.8, 4) is 0 Å². The minimum Gasteiger partial charge on any atom is -0.355 e. The minimum atomic E-state index is -0.286. The van der Waals surface area contributed by atoms with Crippen molar-refractivity contribution in [1.82, 2.24) is 25.1 Å². The number of carbonyl (C=O) groups is 1. The molecule has 2 aromatic rings. The molecule has 2 fully saturated rings. The second kappa shape index (κ2) is 8.68. The Kier molecular flexibility index (Phi) is 6.04. The molecule has 0 unspecified atom stereocenters. The highest BCUT2D eigenvalue weighted by molar-refractivity contribution is 7.09. The summed E-state index contributed by atoms with van der Waals surface area (Å²) in [5.74, 6) is 0.227. The summed E-state index contributed by atoms with van der Waals surface area (Å²) in [5, 5.41) is 6.42. The van der Waals surface area contributed by atoms with Crippen molar-refractivity contribution in [2.45, 2.75) is 38.3 Å². The average Bonchev–Trinajstić information content (AvgIpc) is 3.22. The smallest absolute Gasteiger partial charge is 0.227 e. The van der Waals surface area contributed by atoms with E-state index in [1.54, 1.807) is 17.5 Å². The van der Waals surface area contributed by atoms with Gasteiger partial charge >= 0.3 is 0 Å². The van der Waals surface area contributed by atoms with Gasteiger partial charge in [-0.25, -0.2) is 4.98 Å². The van der Waals surface area contributed by atoms with Gasteiger partial charge < -0.3 is 10.2 Å². The third kappa shape index (κ3) is 4.11. The molecule has 6 nitrogen and oxygen atoms in total. The van der Waals surface area contributed by atoms with Crippen LogP contribution >= 0.6 is 11.3 Å². The molecule has 0 bridgehead atoms. The number of carbonyl (C=O) groups excluding carboxylic acids is 1. The number of aromatic nitrogens is 2. The van der Waals surface area contributed by atoms with Crippen LogP contribution < -0.4 is 5.32 Å². The number of hydrogen-bond acceptors (Lipinski definition) is 6. The van der Waals surface area contributed by atoms with Crippen LogP contribution in [0.4, 0.5) is 0 Å². The van der Waals surface area contributed by atoms with E-state index in [0.29, 0.717) is 6.54 Å². The fourth-order valence-electron chi connectivity index (χ4n) is 4.73. The molecule has 2 saturated heterocycles. The van der Waals surface area contributed by atoms with E-state index in [4.69, 9.17) is 0 Å². The highest BCUT2D eigenvalue weighted by Crippen LogP contribution is 2.43. The molecule has 2 atom stereocenters. The number of hydrogen-bond donors (Lipinski definition) is 1. The van der Waals surface area contributed by atoms with Crippen molar-refractivity contribution in [2.75, 3.05) is 33.2 Å². The summed E-state index contributed by atoms with van der Waals surface area (Å²) >= 11 is 1.70. The van der Waals surface area contributed by atoms with Gasteiger partial charge in [-0.2, -0.15) is 0 Å². The van der Waals surface area contributed by atoms with E-state index >= 15 is 0 Å². The predicted molar refractivity (Wildman–Crippen MR) is 111 cm³/mol. The zero-order valence-corrected chi connectivity index (χ0v) is 17.3. The Morgan fingerprint density at radius 3 is 3.00 bits per heavy atom. The first kappa shape index (κ1) is 19.5. The molecule has 2 aliphatic heterocycles. The Morgan fingerprint density at radius 2 is 2.21 bits per heavy atom. The number of fused-ring (bicyclic) bond motifs is 1. The maximum absolute atomic E-state index is 13.4. The molecule has 0 radical (unpaired) electrons. The van der Waals surface area contributed by atoms with Gasteiger partial charge in [-0.3, -0.25) is 14.7 Å². The molecule has 0 aromatic carbocycles. The largest absolute Gasteiger partial charge is 0.355 e. The van der Waals surface area contributed by atoms with Crippen LogP contribution in [0.2, 0.25) is 0 Å². The molecule has 150 valence electrons. The second-order valence-corrected chi connectivity index (χ2v) is 8.99. The Labute approximate surface area is 171 Å². The van der Waals surface area contributed by atoms with Crippen molar-refractivity contribution in [3.05, 3.63) is 46.7 Å². The summed E-state index contributed by atoms with van der Waals surface area (Å²) in [6.45, 7) is 4.46. The van der Waals surface area contributed by atoms with Crippen LogP contribution in [0, 0.1) is 5.41 Å². The molecule has 2 aromatic heterocycles. The molecule has 1 N–H and O–H groups in total. The van der Waals surface area contributed by atoms with E-state index in [9.17, 15) is 4.79 Å². The number of thiazole rings is 1. The number of likely N-dealkylation sites (N-methyl/N-ethyl adjacent to an activating group) is 1. The molecule has 0 spiro atoms. The number of likely N-dealkylation sites (tertiary alicyclic amines) is 2. The number of amides is 1. The molecule has 0 saturated carbocycles. The fourth-order valence-corrected chi connectivity index (χ4v) is 5.37. The van der Waals surface area contributed by atoms with E-state index < -0.39 is 0 Å². The topological polar surface area (TPSA) is 61.4 Å². The molecule has 4 rings (SSSR count). The van der Waals surface area contributed by atoms with Crippen LogP contribution in [-0.2, 0) is 17.8 Å². The van der Waals surface area contributed by atoms with Crippen LogP contribution in [0.25, 0.3) is 0 Å². The predicted octanol–water partition coefficient (Wildman–Crippen LogP) is 2.18. The summed E-state index contributed by atoms with van der Waals surface area (Å²) in [7, 11) is 2.17. The zero-order chi connectivity index (χ0) is 19.4. The van der Waals surface area contributed by atoms with Crippen LogP contribution in [0.3, 0.4) is 0 Å². The lowest BCUT2D eigenvalue weighted by atomic mass is 9.67. The normalized spacial score (nSPS) is 26.0. The van der Waals surface area contributed by atoms with Gasteiger partial charge in [-0.15, -0.1) is 11.3 Å². The first-order valence-electron chi connectivity index (χ1n) is 10.2. The van der Waals surface area contributed by atoms with Crippen molar-refractivity contribution < 1.29 is 4.79 Å². The molecule has 7 heteroatoms. The van der Waals surface area contributed by atoms with Crippen LogP contribution in [0.5, 0.6) is 0 Å². The number of pyridine rings is 1. The van der Waals surface area contributed by atoms with Crippen molar-refractivity contribution in [1.29, 1.82) is 0 Å². The molecule has 28 heavy (non-hydrogen) atoms. The van der Waals surface area contributed by atoms with Gasteiger partial charge in [0.2, 0.25) is 5.91 Å². The Morgan fingerprint density at radius 1 is 1.29 bits per heavy atom. The zero-order valence-electron chi connectivity index (χ0n) is 16.5. The maximum atomic E-state index is 13.4. The summed E-state index contributed by atoms with van der Waals surface area (Å²) in [4.78, 5) is 27.1. The molecular formula is C21H29N5OS. The van der Waals surface area contributed by atoms with Gasteiger partial charge in [-0.1, -0.05) is 6.07 Å². The van der Waals surface area contributed by atoms with Crippen LogP contribution in [0.1, 0.15) is 30.0 Å². The Hall–Kier alpha value is -1.83. The van der Waals surface area contributed by atoms with E-state index in [0.717, 1.165) is 62.6 Å². The molecule has 2 aliphatic rings. The van der Waals surface area contributed by atoms with E-state index in [1.165, 1.54) is 0 Å². The summed E-state index contributed by atoms with van der Waals surface area (Å²) in [5.41, 5.74) is 0.737. The summed E-state index contributed by atoms with van der Waals surface area (Å²) in [6, 6.07) is 6.18. The maximum Gasteiger partial charge on any atom is 0.227 e. The van der Waals surface area contributed by atoms with Crippen LogP contribution in [0.15, 0.2) is 36.0 Å². The first-order valence-corrected chi connectivity index (χ1v) is 11.0. The van der Waals surface area contributed by atoms with Gasteiger partial charge in [0, 0.05) is 49.0 Å². The lowest BCUT2D eigenvalue weighted by molar-refractivity contribution is -0.145. The van der Waals surface area contributed by atoms with Gasteiger partial charge in [0.05, 0.1) is 12.0 Å². The number of piperidine rings is 2. The van der Waals surface area contributed by atoms with Gasteiger partial charge in [0.15, 0.2) is 0 Å². The number of nitrogens with one attached hydrogen (secondary N) is 1. The van der Waals surface area contributed by atoms with E-state index in [-0.39, 0.29) is 17.4 Å². The van der Waals surface area contributed by atoms with Gasteiger partial charge in [0.25, 0.3) is 0 Å². The standard InChI is InChI=1S/C21H29N5OS/c1-25-13-8-21(20(27)24-10-6-17-5-2-3-9-22-17)7-4-12-26(18(21)15-25)16-19-23-11-14-28-19/h2-3,5,9,11,14,18H,4,6-8,10,12-13,15-16H2,1H3,(H,24,27)/t18-,21+/m0/s1. The molecule has 0 aliphatic carbocycles. The van der Waals surface area contributed by atoms with Crippen molar-refractivity contribution in [3.63, 3.8) is 0 Å². The molecule has 1 amide bonds. The lowest BCUT2D eigenvalue weighted by Gasteiger charge is -2.53. The highest BCUT2D eigenvalue weighted by atomic mass is 32.1. The highest BCUT2D eigenvalue weighted by Gasteiger charge is 2.52. The average molecular weight is 400 g/mol. The van der Waals surface area contributed by atoms with Gasteiger partial charge in [0.1, 0.15) is 5.01 Å². The van der Waals surface area contributed by atoms with E-state index in [2.05, 4.69) is 32.1 Å². The first-order chi connectivity index (χ1) is 13.7. The Balaban J connectivity index is 1.46. The van der Waals surface area contributed by atoms with E-state index in [1.807, 2.05) is 29.8 Å². The van der Waals surface area contributed by atoms with Crippen molar-refractivity contribution in [2.24, 2.45) is 5.41 Å². The van der Waals surface area contributed by atoms with Gasteiger partial charge in [-0.05, 0) is 51.5 Å². The fraction of sp³-hybridized carbons (Fsp3) is 0.571. The lowest BCUT2D eigenvalue weighted by Crippen LogP contribution is -2.65. The number of nitrogens with zero attached hydrogens (tertiary/aromatic N) is 4.